The molecule has 0 aliphatic carbocycles. The molecular formula is C13H9BrF2N2O2. The summed E-state index contributed by atoms with van der Waals surface area (Å²) >= 11 is 3.21. The average molecular weight is 343 g/mol. The van der Waals surface area contributed by atoms with Crippen LogP contribution in [0.25, 0.3) is 0 Å². The summed E-state index contributed by atoms with van der Waals surface area (Å²) in [6.07, 6.45) is 2.95. The summed E-state index contributed by atoms with van der Waals surface area (Å²) in [6.45, 7) is -2.91. The van der Waals surface area contributed by atoms with Gasteiger partial charge >= 0.3 is 6.61 Å². The smallest absolute Gasteiger partial charge is 0.387 e. The lowest BCUT2D eigenvalue weighted by Gasteiger charge is -2.08. The van der Waals surface area contributed by atoms with Crippen LogP contribution >= 0.6 is 15.9 Å². The zero-order valence-electron chi connectivity index (χ0n) is 10.0. The first-order valence-corrected chi connectivity index (χ1v) is 6.30. The third-order valence-corrected chi connectivity index (χ3v) is 2.72. The molecule has 0 saturated heterocycles. The van der Waals surface area contributed by atoms with Gasteiger partial charge in [0.15, 0.2) is 0 Å². The van der Waals surface area contributed by atoms with Crippen molar-refractivity contribution in [3.63, 3.8) is 0 Å². The summed E-state index contributed by atoms with van der Waals surface area (Å²) in [7, 11) is 0. The van der Waals surface area contributed by atoms with Gasteiger partial charge in [0, 0.05) is 28.6 Å². The summed E-state index contributed by atoms with van der Waals surface area (Å²) in [5.74, 6) is -0.418. The number of rotatable bonds is 4. The molecule has 2 aromatic rings. The van der Waals surface area contributed by atoms with Crippen LogP contribution in [-0.4, -0.2) is 17.5 Å². The Kier molecular flexibility index (Phi) is 4.62. The quantitative estimate of drug-likeness (QED) is 0.921. The highest BCUT2D eigenvalue weighted by molar-refractivity contribution is 9.10. The van der Waals surface area contributed by atoms with Crippen LogP contribution in [-0.2, 0) is 0 Å². The number of hydrogen-bond acceptors (Lipinski definition) is 3. The Morgan fingerprint density at radius 2 is 2.10 bits per heavy atom. The molecule has 2 rings (SSSR count). The number of carbonyl (C=O) groups excluding carboxylic acids is 1. The highest BCUT2D eigenvalue weighted by atomic mass is 79.9. The van der Waals surface area contributed by atoms with Crippen LogP contribution in [0, 0.1) is 0 Å². The molecule has 0 spiro atoms. The number of benzene rings is 1. The number of alkyl halides is 2. The lowest BCUT2D eigenvalue weighted by atomic mass is 10.2. The van der Waals surface area contributed by atoms with Gasteiger partial charge < -0.3 is 10.1 Å². The molecule has 104 valence electrons. The van der Waals surface area contributed by atoms with E-state index in [4.69, 9.17) is 0 Å². The van der Waals surface area contributed by atoms with Crippen molar-refractivity contribution in [2.75, 3.05) is 5.32 Å². The van der Waals surface area contributed by atoms with E-state index in [0.717, 1.165) is 0 Å². The molecule has 0 fully saturated rings. The van der Waals surface area contributed by atoms with E-state index in [1.165, 1.54) is 24.4 Å². The van der Waals surface area contributed by atoms with Crippen molar-refractivity contribution in [1.82, 2.24) is 4.98 Å². The number of carbonyl (C=O) groups is 1. The molecular weight excluding hydrogens is 334 g/mol. The second-order valence-electron chi connectivity index (χ2n) is 3.75. The van der Waals surface area contributed by atoms with E-state index in [1.807, 2.05) is 0 Å². The van der Waals surface area contributed by atoms with Gasteiger partial charge in [-0.05, 0) is 34.1 Å². The number of hydrogen-bond donors (Lipinski definition) is 1. The SMILES string of the molecule is O=C(Nc1cccc(OC(F)F)c1)c1cncc(Br)c1. The summed E-state index contributed by atoms with van der Waals surface area (Å²) in [5, 5.41) is 2.57. The zero-order chi connectivity index (χ0) is 14.5. The lowest BCUT2D eigenvalue weighted by Crippen LogP contribution is -2.12. The molecule has 1 heterocycles. The molecule has 0 saturated carbocycles. The molecule has 1 aromatic heterocycles. The molecule has 1 N–H and O–H groups in total. The molecule has 4 nitrogen and oxygen atoms in total. The maximum absolute atomic E-state index is 12.1. The van der Waals surface area contributed by atoms with Gasteiger partial charge in [-0.2, -0.15) is 8.78 Å². The maximum Gasteiger partial charge on any atom is 0.387 e. The Balaban J connectivity index is 2.11. The van der Waals surface area contributed by atoms with Gasteiger partial charge in [0.2, 0.25) is 0 Å². The van der Waals surface area contributed by atoms with E-state index < -0.39 is 12.5 Å². The van der Waals surface area contributed by atoms with E-state index in [2.05, 4.69) is 31.0 Å². The van der Waals surface area contributed by atoms with Crippen LogP contribution in [0.3, 0.4) is 0 Å². The number of ether oxygens (including phenoxy) is 1. The minimum atomic E-state index is -2.91. The van der Waals surface area contributed by atoms with E-state index in [9.17, 15) is 13.6 Å². The molecule has 0 atom stereocenters. The first-order valence-electron chi connectivity index (χ1n) is 5.51. The standard InChI is InChI=1S/C13H9BrF2N2O2/c14-9-4-8(6-17-7-9)12(19)18-10-2-1-3-11(5-10)20-13(15)16/h1-7,13H,(H,18,19). The second-order valence-corrected chi connectivity index (χ2v) is 4.67. The molecule has 1 aromatic carbocycles. The van der Waals surface area contributed by atoms with Gasteiger partial charge in [0.1, 0.15) is 5.75 Å². The lowest BCUT2D eigenvalue weighted by molar-refractivity contribution is -0.0497. The molecule has 1 amide bonds. The Bertz CT molecular complexity index is 623. The van der Waals surface area contributed by atoms with Gasteiger partial charge in [-0.3, -0.25) is 9.78 Å². The highest BCUT2D eigenvalue weighted by Gasteiger charge is 2.09. The predicted molar refractivity (Wildman–Crippen MR) is 73.0 cm³/mol. The number of nitrogens with zero attached hydrogens (tertiary/aromatic N) is 1. The fourth-order valence-corrected chi connectivity index (χ4v) is 1.85. The molecule has 0 aliphatic rings. The normalized spacial score (nSPS) is 10.4. The Morgan fingerprint density at radius 3 is 2.80 bits per heavy atom. The van der Waals surface area contributed by atoms with E-state index in [-0.39, 0.29) is 5.75 Å². The van der Waals surface area contributed by atoms with Crippen molar-refractivity contribution >= 4 is 27.5 Å². The number of aromatic nitrogens is 1. The Hall–Kier alpha value is -2.02. The highest BCUT2D eigenvalue weighted by Crippen LogP contribution is 2.20. The third-order valence-electron chi connectivity index (χ3n) is 2.28. The van der Waals surface area contributed by atoms with Crippen LogP contribution in [0.1, 0.15) is 10.4 Å². The molecule has 0 bridgehead atoms. The number of anilines is 1. The van der Waals surface area contributed by atoms with Crippen LogP contribution < -0.4 is 10.1 Å². The van der Waals surface area contributed by atoms with E-state index in [1.54, 1.807) is 18.3 Å². The van der Waals surface area contributed by atoms with Crippen molar-refractivity contribution in [3.8, 4) is 5.75 Å². The van der Waals surface area contributed by atoms with Crippen molar-refractivity contribution < 1.29 is 18.3 Å². The third kappa shape index (κ3) is 3.99. The number of nitrogens with one attached hydrogen (secondary N) is 1. The number of pyridine rings is 1. The molecule has 0 unspecified atom stereocenters. The van der Waals surface area contributed by atoms with Crippen LogP contribution in [0.5, 0.6) is 5.75 Å². The Morgan fingerprint density at radius 1 is 1.30 bits per heavy atom. The van der Waals surface area contributed by atoms with Crippen LogP contribution in [0.4, 0.5) is 14.5 Å². The summed E-state index contributed by atoms with van der Waals surface area (Å²) in [6, 6.07) is 7.37. The number of amides is 1. The van der Waals surface area contributed by atoms with Crippen molar-refractivity contribution in [1.29, 1.82) is 0 Å². The van der Waals surface area contributed by atoms with Gasteiger partial charge in [-0.15, -0.1) is 0 Å². The maximum atomic E-state index is 12.1. The fourth-order valence-electron chi connectivity index (χ4n) is 1.49. The molecule has 20 heavy (non-hydrogen) atoms. The van der Waals surface area contributed by atoms with Gasteiger partial charge in [-0.1, -0.05) is 6.07 Å². The van der Waals surface area contributed by atoms with Gasteiger partial charge in [0.05, 0.1) is 5.56 Å². The summed E-state index contributed by atoms with van der Waals surface area (Å²) in [4.78, 5) is 15.8. The largest absolute Gasteiger partial charge is 0.435 e. The molecule has 7 heteroatoms. The van der Waals surface area contributed by atoms with Crippen LogP contribution in [0.2, 0.25) is 0 Å². The van der Waals surface area contributed by atoms with E-state index >= 15 is 0 Å². The predicted octanol–water partition coefficient (Wildman–Crippen LogP) is 3.70. The first kappa shape index (κ1) is 14.4. The summed E-state index contributed by atoms with van der Waals surface area (Å²) in [5.41, 5.74) is 0.702. The first-order chi connectivity index (χ1) is 9.54. The monoisotopic (exact) mass is 342 g/mol. The zero-order valence-corrected chi connectivity index (χ0v) is 11.6. The topological polar surface area (TPSA) is 51.2 Å². The minimum Gasteiger partial charge on any atom is -0.435 e. The van der Waals surface area contributed by atoms with Crippen LogP contribution in [0.15, 0.2) is 47.2 Å². The Labute approximate surface area is 121 Å². The van der Waals surface area contributed by atoms with Crippen molar-refractivity contribution in [3.05, 3.63) is 52.8 Å². The minimum absolute atomic E-state index is 0.0230. The molecule has 0 aliphatic heterocycles. The van der Waals surface area contributed by atoms with Crippen molar-refractivity contribution in [2.45, 2.75) is 6.61 Å². The van der Waals surface area contributed by atoms with E-state index in [0.29, 0.717) is 15.7 Å². The van der Waals surface area contributed by atoms with Gasteiger partial charge in [-0.25, -0.2) is 0 Å². The average Bonchev–Trinajstić information content (AvgIpc) is 2.38. The fraction of sp³-hybridized carbons (Fsp3) is 0.0769. The molecule has 0 radical (unpaired) electrons. The second kappa shape index (κ2) is 6.42. The summed E-state index contributed by atoms with van der Waals surface area (Å²) < 4.78 is 29.1. The number of halogens is 3. The van der Waals surface area contributed by atoms with Gasteiger partial charge in [0.25, 0.3) is 5.91 Å². The van der Waals surface area contributed by atoms with Crippen molar-refractivity contribution in [2.24, 2.45) is 0 Å².